The number of benzene rings is 1. The van der Waals surface area contributed by atoms with Gasteiger partial charge >= 0.3 is 0 Å². The number of anilines is 1. The molecule has 5 nitrogen and oxygen atoms in total. The molecular weight excluding hydrogens is 302 g/mol. The Kier molecular flexibility index (Phi) is 4.55. The molecule has 0 atom stereocenters. The van der Waals surface area contributed by atoms with Gasteiger partial charge in [-0.25, -0.2) is 8.42 Å². The number of carbonyl (C=O) groups excluding carboxylic acids is 1. The van der Waals surface area contributed by atoms with Crippen LogP contribution in [0.25, 0.3) is 0 Å². The summed E-state index contributed by atoms with van der Waals surface area (Å²) < 4.78 is 28.3. The smallest absolute Gasteiger partial charge is 0.153 e. The van der Waals surface area contributed by atoms with Crippen LogP contribution in [0.15, 0.2) is 12.1 Å². The first-order chi connectivity index (χ1) is 9.46. The van der Waals surface area contributed by atoms with Crippen LogP contribution in [-0.2, 0) is 9.84 Å². The molecule has 20 heavy (non-hydrogen) atoms. The van der Waals surface area contributed by atoms with Crippen LogP contribution in [0.1, 0.15) is 17.3 Å². The lowest BCUT2D eigenvalue weighted by molar-refractivity contribution is 0.112. The largest absolute Gasteiger partial charge is 0.492 e. The zero-order chi connectivity index (χ0) is 14.8. The molecule has 1 saturated heterocycles. The summed E-state index contributed by atoms with van der Waals surface area (Å²) in [7, 11) is -2.96. The van der Waals surface area contributed by atoms with Crippen molar-refractivity contribution >= 4 is 33.4 Å². The molecule has 1 heterocycles. The van der Waals surface area contributed by atoms with Crippen molar-refractivity contribution in [3.8, 4) is 5.75 Å². The van der Waals surface area contributed by atoms with Crippen molar-refractivity contribution in [2.24, 2.45) is 0 Å². The van der Waals surface area contributed by atoms with Crippen LogP contribution in [0.3, 0.4) is 0 Å². The lowest BCUT2D eigenvalue weighted by Crippen LogP contribution is -2.40. The fourth-order valence-corrected chi connectivity index (χ4v) is 3.60. The summed E-state index contributed by atoms with van der Waals surface area (Å²) in [4.78, 5) is 12.9. The van der Waals surface area contributed by atoms with Gasteiger partial charge < -0.3 is 9.64 Å². The number of aldehydes is 1. The summed E-state index contributed by atoms with van der Waals surface area (Å²) in [6, 6.07) is 3.25. The van der Waals surface area contributed by atoms with Gasteiger partial charge in [-0.2, -0.15) is 0 Å². The third-order valence-electron chi connectivity index (χ3n) is 3.16. The zero-order valence-electron chi connectivity index (χ0n) is 11.1. The number of carbonyl (C=O) groups is 1. The fourth-order valence-electron chi connectivity index (χ4n) is 2.12. The Bertz CT molecular complexity index is 601. The van der Waals surface area contributed by atoms with Gasteiger partial charge in [0.05, 0.1) is 23.8 Å². The Labute approximate surface area is 123 Å². The first-order valence-corrected chi connectivity index (χ1v) is 8.53. The highest BCUT2D eigenvalue weighted by Gasteiger charge is 2.24. The lowest BCUT2D eigenvalue weighted by atomic mass is 10.2. The lowest BCUT2D eigenvalue weighted by Gasteiger charge is -2.30. The molecule has 0 N–H and O–H groups in total. The number of hydrogen-bond donors (Lipinski definition) is 0. The maximum Gasteiger partial charge on any atom is 0.153 e. The van der Waals surface area contributed by atoms with E-state index in [1.165, 1.54) is 0 Å². The summed E-state index contributed by atoms with van der Waals surface area (Å²) in [6.07, 6.45) is 0.725. The molecule has 1 fully saturated rings. The molecule has 0 unspecified atom stereocenters. The third kappa shape index (κ3) is 3.24. The number of nitrogens with zero attached hydrogens (tertiary/aromatic N) is 1. The van der Waals surface area contributed by atoms with Crippen molar-refractivity contribution in [1.82, 2.24) is 0 Å². The van der Waals surface area contributed by atoms with Gasteiger partial charge in [0, 0.05) is 18.7 Å². The zero-order valence-corrected chi connectivity index (χ0v) is 12.7. The average Bonchev–Trinajstić information content (AvgIpc) is 2.42. The molecule has 1 aliphatic heterocycles. The molecule has 1 aliphatic rings. The predicted molar refractivity (Wildman–Crippen MR) is 78.9 cm³/mol. The Morgan fingerprint density at radius 2 is 2.00 bits per heavy atom. The molecule has 0 spiro atoms. The molecule has 0 radical (unpaired) electrons. The van der Waals surface area contributed by atoms with Crippen LogP contribution in [0.2, 0.25) is 5.02 Å². The van der Waals surface area contributed by atoms with Crippen molar-refractivity contribution in [1.29, 1.82) is 0 Å². The number of ether oxygens (including phenoxy) is 1. The molecule has 0 saturated carbocycles. The van der Waals surface area contributed by atoms with Gasteiger partial charge in [-0.15, -0.1) is 0 Å². The maximum absolute atomic E-state index is 11.5. The number of hydrogen-bond acceptors (Lipinski definition) is 5. The molecule has 1 aromatic rings. The summed E-state index contributed by atoms with van der Waals surface area (Å²) in [6.45, 7) is 3.01. The molecule has 0 aliphatic carbocycles. The summed E-state index contributed by atoms with van der Waals surface area (Å²) >= 11 is 6.29. The molecule has 1 aromatic carbocycles. The highest BCUT2D eigenvalue weighted by atomic mass is 35.5. The standard InChI is InChI=1S/C13H16ClNO4S/c1-2-19-12-8-10(9-16)7-11(13(12)14)15-3-5-20(17,18)6-4-15/h7-9H,2-6H2,1H3. The van der Waals surface area contributed by atoms with Crippen LogP contribution < -0.4 is 9.64 Å². The monoisotopic (exact) mass is 317 g/mol. The van der Waals surface area contributed by atoms with E-state index >= 15 is 0 Å². The molecule has 0 bridgehead atoms. The Morgan fingerprint density at radius 3 is 2.55 bits per heavy atom. The summed E-state index contributed by atoms with van der Waals surface area (Å²) in [5.41, 5.74) is 1.11. The van der Waals surface area contributed by atoms with Gasteiger partial charge in [0.1, 0.15) is 17.1 Å². The second-order valence-corrected chi connectivity index (χ2v) is 7.22. The van der Waals surface area contributed by atoms with E-state index in [1.807, 2.05) is 11.8 Å². The quantitative estimate of drug-likeness (QED) is 0.792. The maximum atomic E-state index is 11.5. The first-order valence-electron chi connectivity index (χ1n) is 6.33. The van der Waals surface area contributed by atoms with E-state index in [4.69, 9.17) is 16.3 Å². The average molecular weight is 318 g/mol. The van der Waals surface area contributed by atoms with Crippen LogP contribution >= 0.6 is 11.6 Å². The highest BCUT2D eigenvalue weighted by Crippen LogP contribution is 2.36. The minimum atomic E-state index is -2.96. The molecule has 7 heteroatoms. The third-order valence-corrected chi connectivity index (χ3v) is 5.15. The van der Waals surface area contributed by atoms with Gasteiger partial charge in [0.15, 0.2) is 9.84 Å². The van der Waals surface area contributed by atoms with E-state index < -0.39 is 9.84 Å². The van der Waals surface area contributed by atoms with Crippen LogP contribution in [-0.4, -0.2) is 45.9 Å². The van der Waals surface area contributed by atoms with Crippen molar-refractivity contribution in [2.75, 3.05) is 36.1 Å². The van der Waals surface area contributed by atoms with E-state index in [-0.39, 0.29) is 11.5 Å². The normalized spacial score (nSPS) is 17.8. The Morgan fingerprint density at radius 1 is 1.35 bits per heavy atom. The predicted octanol–water partition coefficient (Wildman–Crippen LogP) is 1.79. The topological polar surface area (TPSA) is 63.7 Å². The number of sulfone groups is 1. The molecule has 0 aromatic heterocycles. The number of halogens is 1. The molecule has 0 amide bonds. The van der Waals surface area contributed by atoms with E-state index in [0.717, 1.165) is 6.29 Å². The van der Waals surface area contributed by atoms with Gasteiger partial charge in [-0.3, -0.25) is 4.79 Å². The van der Waals surface area contributed by atoms with Crippen molar-refractivity contribution in [2.45, 2.75) is 6.92 Å². The molecule has 2 rings (SSSR count). The summed E-state index contributed by atoms with van der Waals surface area (Å²) in [5, 5.41) is 0.414. The fraction of sp³-hybridized carbons (Fsp3) is 0.462. The summed E-state index contributed by atoms with van der Waals surface area (Å²) in [5.74, 6) is 0.638. The van der Waals surface area contributed by atoms with Gasteiger partial charge in [-0.1, -0.05) is 11.6 Å². The second-order valence-electron chi connectivity index (χ2n) is 4.54. The van der Waals surface area contributed by atoms with Crippen LogP contribution in [0.4, 0.5) is 5.69 Å². The first kappa shape index (κ1) is 15.1. The van der Waals surface area contributed by atoms with Crippen molar-refractivity contribution in [3.05, 3.63) is 22.7 Å². The SMILES string of the molecule is CCOc1cc(C=O)cc(N2CCS(=O)(=O)CC2)c1Cl. The highest BCUT2D eigenvalue weighted by molar-refractivity contribution is 7.91. The van der Waals surface area contributed by atoms with Crippen molar-refractivity contribution < 1.29 is 17.9 Å². The number of rotatable bonds is 4. The van der Waals surface area contributed by atoms with Gasteiger partial charge in [-0.05, 0) is 19.1 Å². The second kappa shape index (κ2) is 6.01. The van der Waals surface area contributed by atoms with Crippen molar-refractivity contribution in [3.63, 3.8) is 0 Å². The Hall–Kier alpha value is -1.27. The minimum absolute atomic E-state index is 0.0958. The Balaban J connectivity index is 2.35. The molecule has 110 valence electrons. The van der Waals surface area contributed by atoms with E-state index in [0.29, 0.717) is 41.7 Å². The van der Waals surface area contributed by atoms with Gasteiger partial charge in [0.2, 0.25) is 0 Å². The van der Waals surface area contributed by atoms with Crippen LogP contribution in [0, 0.1) is 0 Å². The van der Waals surface area contributed by atoms with E-state index in [1.54, 1.807) is 12.1 Å². The van der Waals surface area contributed by atoms with Gasteiger partial charge in [0.25, 0.3) is 0 Å². The van der Waals surface area contributed by atoms with Crippen LogP contribution in [0.5, 0.6) is 5.75 Å². The molecular formula is C13H16ClNO4S. The minimum Gasteiger partial charge on any atom is -0.492 e. The van der Waals surface area contributed by atoms with E-state index in [9.17, 15) is 13.2 Å². The van der Waals surface area contributed by atoms with E-state index in [2.05, 4.69) is 0 Å².